The lowest BCUT2D eigenvalue weighted by molar-refractivity contribution is -0.393. The maximum Gasteiger partial charge on any atom is 0.301 e. The number of hydrogen-bond donors (Lipinski definition) is 1. The van der Waals surface area contributed by atoms with Crippen molar-refractivity contribution in [2.75, 3.05) is 5.43 Å². The molecule has 1 aliphatic carbocycles. The summed E-state index contributed by atoms with van der Waals surface area (Å²) in [6.45, 7) is 7.29. The van der Waals surface area contributed by atoms with Crippen molar-refractivity contribution in [2.24, 2.45) is 15.9 Å². The molecule has 24 heavy (non-hydrogen) atoms. The lowest BCUT2D eigenvalue weighted by Gasteiger charge is -2.60. The maximum atomic E-state index is 11.1. The molecular weight excluding hydrogens is 359 g/mol. The Balaban J connectivity index is 2.39. The van der Waals surface area contributed by atoms with Gasteiger partial charge in [0.05, 0.1) is 21.6 Å². The Morgan fingerprint density at radius 2 is 1.58 bits per heavy atom. The molecule has 0 saturated heterocycles. The van der Waals surface area contributed by atoms with Crippen molar-refractivity contribution in [3.8, 4) is 0 Å². The van der Waals surface area contributed by atoms with Crippen LogP contribution in [0.4, 0.5) is 17.1 Å². The summed E-state index contributed by atoms with van der Waals surface area (Å²) in [7, 11) is 0. The van der Waals surface area contributed by atoms with Crippen LogP contribution in [0.2, 0.25) is 0 Å². The zero-order chi connectivity index (χ0) is 18.5. The molecule has 0 spiro atoms. The fourth-order valence-corrected chi connectivity index (χ4v) is 3.43. The van der Waals surface area contributed by atoms with E-state index in [1.165, 1.54) is 12.1 Å². The minimum atomic E-state index is -1.04. The average Bonchev–Trinajstić information content (AvgIpc) is 2.45. The van der Waals surface area contributed by atoms with Crippen LogP contribution in [0.5, 0.6) is 0 Å². The topological polar surface area (TPSA) is 111 Å². The van der Waals surface area contributed by atoms with Crippen molar-refractivity contribution in [1.29, 1.82) is 0 Å². The van der Waals surface area contributed by atoms with Gasteiger partial charge in [-0.15, -0.1) is 0 Å². The van der Waals surface area contributed by atoms with E-state index in [0.717, 1.165) is 6.07 Å². The number of rotatable bonds is 4. The van der Waals surface area contributed by atoms with Crippen molar-refractivity contribution in [3.63, 3.8) is 0 Å². The third-order valence-electron chi connectivity index (χ3n) is 4.43. The predicted octanol–water partition coefficient (Wildman–Crippen LogP) is 4.51. The van der Waals surface area contributed by atoms with E-state index in [0.29, 0.717) is 5.71 Å². The molecule has 0 aliphatic heterocycles. The van der Waals surface area contributed by atoms with E-state index >= 15 is 0 Å². The van der Waals surface area contributed by atoms with Crippen LogP contribution in [0.3, 0.4) is 0 Å². The first-order valence-corrected chi connectivity index (χ1v) is 7.75. The Kier molecular flexibility index (Phi) is 4.26. The lowest BCUT2D eigenvalue weighted by Crippen LogP contribution is -2.68. The highest BCUT2D eigenvalue weighted by atomic mass is 35.5. The lowest BCUT2D eigenvalue weighted by atomic mass is 9.53. The number of hydrazone groups is 1. The summed E-state index contributed by atoms with van der Waals surface area (Å²) in [5.41, 5.74) is 1.23. The number of nitro benzene ring substituents is 2. The quantitative estimate of drug-likeness (QED) is 0.473. The average molecular weight is 375 g/mol. The Morgan fingerprint density at radius 1 is 1.04 bits per heavy atom. The molecule has 0 amide bonds. The van der Waals surface area contributed by atoms with Crippen LogP contribution in [-0.2, 0) is 0 Å². The van der Waals surface area contributed by atoms with Gasteiger partial charge in [0.1, 0.15) is 10.0 Å². The second-order valence-corrected chi connectivity index (χ2v) is 7.94. The summed E-state index contributed by atoms with van der Waals surface area (Å²) >= 11 is 12.8. The normalized spacial score (nSPS) is 20.0. The van der Waals surface area contributed by atoms with E-state index < -0.39 is 30.7 Å². The second kappa shape index (κ2) is 5.56. The number of nitro groups is 2. The van der Waals surface area contributed by atoms with Crippen LogP contribution in [0.15, 0.2) is 23.3 Å². The van der Waals surface area contributed by atoms with Crippen molar-refractivity contribution >= 4 is 46.0 Å². The van der Waals surface area contributed by atoms with Crippen molar-refractivity contribution in [1.82, 2.24) is 0 Å². The van der Waals surface area contributed by atoms with E-state index in [-0.39, 0.29) is 11.4 Å². The molecule has 0 bridgehead atoms. The van der Waals surface area contributed by atoms with Crippen LogP contribution in [-0.4, -0.2) is 19.9 Å². The zero-order valence-electron chi connectivity index (χ0n) is 13.5. The molecule has 1 aromatic carbocycles. The fraction of sp³-hybridized carbons (Fsp3) is 0.500. The number of nitrogens with one attached hydrogen (secondary N) is 1. The van der Waals surface area contributed by atoms with E-state index in [1.54, 1.807) is 0 Å². The predicted molar refractivity (Wildman–Crippen MR) is 92.8 cm³/mol. The van der Waals surface area contributed by atoms with Gasteiger partial charge in [0.2, 0.25) is 0 Å². The smallest absolute Gasteiger partial charge is 0.272 e. The van der Waals surface area contributed by atoms with Crippen LogP contribution < -0.4 is 5.43 Å². The van der Waals surface area contributed by atoms with Gasteiger partial charge in [-0.2, -0.15) is 5.10 Å². The summed E-state index contributed by atoms with van der Waals surface area (Å²) in [5.74, 6) is 0. The Labute approximate surface area is 148 Å². The molecule has 1 fully saturated rings. The summed E-state index contributed by atoms with van der Waals surface area (Å²) in [5, 5.41) is 26.1. The number of halogens is 2. The molecule has 130 valence electrons. The van der Waals surface area contributed by atoms with Gasteiger partial charge in [0, 0.05) is 16.9 Å². The Bertz CT molecular complexity index is 739. The zero-order valence-corrected chi connectivity index (χ0v) is 15.0. The number of anilines is 1. The molecule has 0 radical (unpaired) electrons. The van der Waals surface area contributed by atoms with Crippen LogP contribution >= 0.6 is 23.2 Å². The third-order valence-corrected chi connectivity index (χ3v) is 6.32. The van der Waals surface area contributed by atoms with Crippen LogP contribution in [0, 0.1) is 31.1 Å². The molecule has 0 unspecified atom stereocenters. The van der Waals surface area contributed by atoms with Gasteiger partial charge in [-0.1, -0.05) is 50.9 Å². The molecule has 2 rings (SSSR count). The molecular formula is C14H16Cl2N4O4. The van der Waals surface area contributed by atoms with Gasteiger partial charge >= 0.3 is 5.69 Å². The maximum absolute atomic E-state index is 11.1. The first-order chi connectivity index (χ1) is 10.8. The molecule has 10 heteroatoms. The van der Waals surface area contributed by atoms with Crippen LogP contribution in [0.1, 0.15) is 27.7 Å². The van der Waals surface area contributed by atoms with Crippen molar-refractivity contribution < 1.29 is 9.85 Å². The summed E-state index contributed by atoms with van der Waals surface area (Å²) in [4.78, 5) is 20.5. The van der Waals surface area contributed by atoms with Crippen molar-refractivity contribution in [3.05, 3.63) is 38.4 Å². The van der Waals surface area contributed by atoms with E-state index in [4.69, 9.17) is 23.2 Å². The molecule has 0 aromatic heterocycles. The minimum Gasteiger partial charge on any atom is -0.272 e. The highest BCUT2D eigenvalue weighted by Crippen LogP contribution is 2.65. The third kappa shape index (κ3) is 2.50. The van der Waals surface area contributed by atoms with Crippen LogP contribution in [0.25, 0.3) is 0 Å². The summed E-state index contributed by atoms with van der Waals surface area (Å²) in [6, 6.07) is 3.29. The molecule has 1 aliphatic rings. The van der Waals surface area contributed by atoms with E-state index in [9.17, 15) is 20.2 Å². The molecule has 1 saturated carbocycles. The van der Waals surface area contributed by atoms with Gasteiger partial charge in [-0.05, 0) is 6.07 Å². The molecule has 1 aromatic rings. The monoisotopic (exact) mass is 374 g/mol. The first-order valence-electron chi connectivity index (χ1n) is 6.99. The Hall–Kier alpha value is -1.93. The second-order valence-electron chi connectivity index (χ2n) is 6.61. The first kappa shape index (κ1) is 18.4. The van der Waals surface area contributed by atoms with Gasteiger partial charge < -0.3 is 0 Å². The van der Waals surface area contributed by atoms with Gasteiger partial charge in [-0.3, -0.25) is 25.7 Å². The van der Waals surface area contributed by atoms with E-state index in [1.807, 2.05) is 27.7 Å². The number of hydrogen-bond acceptors (Lipinski definition) is 6. The highest BCUT2D eigenvalue weighted by molar-refractivity contribution is 6.55. The van der Waals surface area contributed by atoms with Gasteiger partial charge in [0.15, 0.2) is 0 Å². The molecule has 0 atom stereocenters. The largest absolute Gasteiger partial charge is 0.301 e. The van der Waals surface area contributed by atoms with Gasteiger partial charge in [-0.25, -0.2) is 0 Å². The number of non-ortho nitro benzene ring substituents is 1. The highest BCUT2D eigenvalue weighted by Gasteiger charge is 2.69. The van der Waals surface area contributed by atoms with E-state index in [2.05, 4.69) is 10.5 Å². The number of alkyl halides is 2. The number of benzene rings is 1. The van der Waals surface area contributed by atoms with Gasteiger partial charge in [0.25, 0.3) is 5.69 Å². The molecule has 8 nitrogen and oxygen atoms in total. The standard InChI is InChI=1S/C14H16Cl2N4O4/c1-12(2)11(13(3,4)14(12,15)16)18-17-9-6-5-8(19(21)22)7-10(9)20(23)24/h5-7,17H,1-4H3. The molecule has 0 heterocycles. The molecule has 1 N–H and O–H groups in total. The van der Waals surface area contributed by atoms with Crippen molar-refractivity contribution in [2.45, 2.75) is 32.0 Å². The SMILES string of the molecule is CC1(C)C(=NNc2ccc([N+](=O)[O-])cc2[N+](=O)[O-])C(C)(C)C1(Cl)Cl. The summed E-state index contributed by atoms with van der Waals surface area (Å²) < 4.78 is -1.04. The minimum absolute atomic E-state index is 0.0475. The number of nitrogens with zero attached hydrogens (tertiary/aromatic N) is 3. The Morgan fingerprint density at radius 3 is 2.04 bits per heavy atom. The summed E-state index contributed by atoms with van der Waals surface area (Å²) in [6.07, 6.45) is 0. The fourth-order valence-electron chi connectivity index (χ4n) is 3.07.